The van der Waals surface area contributed by atoms with Crippen LogP contribution in [0.2, 0.25) is 0 Å². The van der Waals surface area contributed by atoms with Gasteiger partial charge in [-0.25, -0.2) is 0 Å². The number of likely N-dealkylation sites (tertiary alicyclic amines) is 1. The van der Waals surface area contributed by atoms with Crippen LogP contribution in [-0.4, -0.2) is 50.0 Å². The Balaban J connectivity index is 1.33. The number of benzene rings is 2. The average molecular weight is 457 g/mol. The van der Waals surface area contributed by atoms with Gasteiger partial charge < -0.3 is 19.1 Å². The number of methoxy groups -OCH3 is 1. The van der Waals surface area contributed by atoms with Crippen molar-refractivity contribution >= 4 is 0 Å². The Morgan fingerprint density at radius 3 is 2.79 bits per heavy atom. The van der Waals surface area contributed by atoms with E-state index in [4.69, 9.17) is 14.2 Å². The summed E-state index contributed by atoms with van der Waals surface area (Å²) in [5, 5.41) is 9.93. The van der Waals surface area contributed by atoms with Crippen LogP contribution in [0, 0.1) is 22.7 Å². The van der Waals surface area contributed by atoms with E-state index in [0.29, 0.717) is 24.8 Å². The molecule has 6 aliphatic rings. The van der Waals surface area contributed by atoms with Gasteiger partial charge in [0, 0.05) is 35.5 Å². The lowest BCUT2D eigenvalue weighted by atomic mass is 9.35. The Morgan fingerprint density at radius 1 is 1.15 bits per heavy atom. The van der Waals surface area contributed by atoms with Gasteiger partial charge in [0.25, 0.3) is 0 Å². The number of hydrogen-bond acceptors (Lipinski definition) is 5. The molecule has 0 amide bonds. The van der Waals surface area contributed by atoms with Crippen molar-refractivity contribution in [2.24, 2.45) is 11.3 Å². The number of rotatable bonds is 5. The Bertz CT molecular complexity index is 1190. The van der Waals surface area contributed by atoms with Crippen molar-refractivity contribution in [2.75, 3.05) is 27.3 Å². The van der Waals surface area contributed by atoms with Crippen molar-refractivity contribution < 1.29 is 14.2 Å². The molecular formula is C29H32N2O3. The zero-order valence-electron chi connectivity index (χ0n) is 20.0. The monoisotopic (exact) mass is 456 g/mol. The van der Waals surface area contributed by atoms with Crippen molar-refractivity contribution in [2.45, 2.75) is 61.9 Å². The van der Waals surface area contributed by atoms with Gasteiger partial charge in [0.15, 0.2) is 0 Å². The van der Waals surface area contributed by atoms with E-state index >= 15 is 0 Å². The number of nitrogens with zero attached hydrogens (tertiary/aromatic N) is 2. The highest BCUT2D eigenvalue weighted by Crippen LogP contribution is 2.76. The second-order valence-corrected chi connectivity index (χ2v) is 11.2. The summed E-state index contributed by atoms with van der Waals surface area (Å²) in [6.45, 7) is 2.36. The van der Waals surface area contributed by atoms with Crippen LogP contribution in [0.5, 0.6) is 5.75 Å². The van der Waals surface area contributed by atoms with Gasteiger partial charge in [0.2, 0.25) is 0 Å². The second kappa shape index (κ2) is 7.07. The van der Waals surface area contributed by atoms with Crippen LogP contribution in [-0.2, 0) is 27.9 Å². The highest BCUT2D eigenvalue weighted by atomic mass is 16.6. The molecule has 0 N–H and O–H groups in total. The normalized spacial score (nSPS) is 38.8. The molecule has 2 aromatic rings. The Hall–Kier alpha value is -2.39. The number of ether oxygens (including phenoxy) is 3. The second-order valence-electron chi connectivity index (χ2n) is 11.2. The largest absolute Gasteiger partial charge is 0.485 e. The van der Waals surface area contributed by atoms with E-state index in [9.17, 15) is 5.26 Å². The van der Waals surface area contributed by atoms with Crippen molar-refractivity contribution in [3.63, 3.8) is 0 Å². The quantitative estimate of drug-likeness (QED) is 0.674. The average Bonchev–Trinajstić information content (AvgIpc) is 3.24. The molecule has 5 heteroatoms. The minimum atomic E-state index is -0.390. The van der Waals surface area contributed by atoms with Crippen LogP contribution < -0.4 is 4.74 Å². The van der Waals surface area contributed by atoms with E-state index < -0.39 is 0 Å². The van der Waals surface area contributed by atoms with Gasteiger partial charge in [-0.1, -0.05) is 36.4 Å². The van der Waals surface area contributed by atoms with Crippen LogP contribution in [0.1, 0.15) is 47.9 Å². The molecule has 4 bridgehead atoms. The number of likely N-dealkylation sites (N-methyl/N-ethyl adjacent to an activating group) is 1. The molecule has 2 heterocycles. The minimum absolute atomic E-state index is 0.0578. The molecule has 8 rings (SSSR count). The van der Waals surface area contributed by atoms with Crippen molar-refractivity contribution in [1.82, 2.24) is 4.90 Å². The van der Waals surface area contributed by atoms with Gasteiger partial charge in [-0.2, -0.15) is 5.26 Å². The Morgan fingerprint density at radius 2 is 2.00 bits per heavy atom. The number of fused-ring (bicyclic) bond motifs is 2. The molecule has 2 aliphatic heterocycles. The van der Waals surface area contributed by atoms with Crippen LogP contribution in [0.25, 0.3) is 0 Å². The molecule has 5 nitrogen and oxygen atoms in total. The summed E-state index contributed by atoms with van der Waals surface area (Å²) in [7, 11) is 4.17. The first kappa shape index (κ1) is 20.9. The fourth-order valence-electron chi connectivity index (χ4n) is 9.02. The maximum atomic E-state index is 9.93. The van der Waals surface area contributed by atoms with Gasteiger partial charge in [0.1, 0.15) is 23.5 Å². The predicted molar refractivity (Wildman–Crippen MR) is 128 cm³/mol. The van der Waals surface area contributed by atoms with Gasteiger partial charge in [-0.05, 0) is 62.9 Å². The molecule has 0 radical (unpaired) electrons. The standard InChI is InChI=1S/C29H32N2O3/c1-31-13-12-28-24-20-8-9-21(16-30)25(24)34-26(28)29(32-2)11-10-27(28,23(31)14-20)15-22(29)18-33-17-19-6-4-3-5-7-19/h3-9,22-23,26H,10-15,17-18H2,1-2H3/t22-,23?,26-,27-,28+,29-/m1/s1. The van der Waals surface area contributed by atoms with Crippen LogP contribution in [0.4, 0.5) is 0 Å². The molecule has 1 saturated heterocycles. The molecule has 0 aromatic heterocycles. The van der Waals surface area contributed by atoms with Crippen LogP contribution >= 0.6 is 0 Å². The van der Waals surface area contributed by atoms with Crippen molar-refractivity contribution in [3.05, 3.63) is 64.7 Å². The van der Waals surface area contributed by atoms with E-state index in [1.165, 1.54) is 16.7 Å². The molecule has 2 aromatic carbocycles. The Labute approximate surface area is 201 Å². The summed E-state index contributed by atoms with van der Waals surface area (Å²) in [6.07, 6.45) is 5.30. The fourth-order valence-corrected chi connectivity index (χ4v) is 9.02. The molecule has 2 spiro atoms. The summed E-state index contributed by atoms with van der Waals surface area (Å²) in [4.78, 5) is 2.61. The van der Waals surface area contributed by atoms with Crippen molar-refractivity contribution in [1.29, 1.82) is 5.26 Å². The van der Waals surface area contributed by atoms with E-state index in [1.54, 1.807) is 0 Å². The predicted octanol–water partition coefficient (Wildman–Crippen LogP) is 4.22. The van der Waals surface area contributed by atoms with Gasteiger partial charge >= 0.3 is 0 Å². The number of hydrogen-bond donors (Lipinski definition) is 0. The van der Waals surface area contributed by atoms with Gasteiger partial charge in [-0.15, -0.1) is 0 Å². The fraction of sp³-hybridized carbons (Fsp3) is 0.552. The highest BCUT2D eigenvalue weighted by molar-refractivity contribution is 5.63. The van der Waals surface area contributed by atoms with E-state index in [1.807, 2.05) is 19.2 Å². The van der Waals surface area contributed by atoms with E-state index in [2.05, 4.69) is 48.3 Å². The van der Waals surface area contributed by atoms with E-state index in [-0.39, 0.29) is 28.5 Å². The summed E-state index contributed by atoms with van der Waals surface area (Å²) in [5.74, 6) is 1.12. The zero-order chi connectivity index (χ0) is 23.1. The Kier molecular flexibility index (Phi) is 4.35. The first-order valence-electron chi connectivity index (χ1n) is 12.7. The number of nitriles is 1. The molecule has 4 aliphatic carbocycles. The molecular weight excluding hydrogens is 424 g/mol. The van der Waals surface area contributed by atoms with Gasteiger partial charge in [0.05, 0.1) is 18.8 Å². The van der Waals surface area contributed by atoms with Crippen molar-refractivity contribution in [3.8, 4) is 11.8 Å². The molecule has 4 fully saturated rings. The molecule has 34 heavy (non-hydrogen) atoms. The third-order valence-electron chi connectivity index (χ3n) is 10.3. The van der Waals surface area contributed by atoms with Crippen LogP contribution in [0.15, 0.2) is 42.5 Å². The molecule has 6 atom stereocenters. The smallest absolute Gasteiger partial charge is 0.141 e. The lowest BCUT2D eigenvalue weighted by Gasteiger charge is -2.73. The maximum absolute atomic E-state index is 9.93. The summed E-state index contributed by atoms with van der Waals surface area (Å²) < 4.78 is 19.8. The zero-order valence-corrected chi connectivity index (χ0v) is 20.0. The molecule has 1 unspecified atom stereocenters. The summed E-state index contributed by atoms with van der Waals surface area (Å²) in [5.41, 5.74) is 4.30. The third-order valence-corrected chi connectivity index (χ3v) is 10.3. The molecule has 176 valence electrons. The topological polar surface area (TPSA) is 54.7 Å². The van der Waals surface area contributed by atoms with Gasteiger partial charge in [-0.3, -0.25) is 0 Å². The van der Waals surface area contributed by atoms with Crippen LogP contribution in [0.3, 0.4) is 0 Å². The highest BCUT2D eigenvalue weighted by Gasteiger charge is 2.80. The first-order valence-corrected chi connectivity index (χ1v) is 12.7. The maximum Gasteiger partial charge on any atom is 0.141 e. The molecule has 3 saturated carbocycles. The SMILES string of the molecule is CO[C@]12CC[C@@]3(C[C@@H]1COCc1ccccc1)C1Cc4ccc(C#N)c5c4[C@@]3(CCN1C)[C@H]2O5. The lowest BCUT2D eigenvalue weighted by Crippen LogP contribution is -2.81. The lowest BCUT2D eigenvalue weighted by molar-refractivity contribution is -0.282. The first-order chi connectivity index (χ1) is 16.6. The number of piperidine rings is 1. The minimum Gasteiger partial charge on any atom is -0.485 e. The summed E-state index contributed by atoms with van der Waals surface area (Å²) >= 11 is 0. The summed E-state index contributed by atoms with van der Waals surface area (Å²) in [6, 6.07) is 17.5. The van der Waals surface area contributed by atoms with E-state index in [0.717, 1.165) is 44.4 Å². The third kappa shape index (κ3) is 2.30.